The summed E-state index contributed by atoms with van der Waals surface area (Å²) in [6.07, 6.45) is 0. The summed E-state index contributed by atoms with van der Waals surface area (Å²) in [6, 6.07) is 4.35. The van der Waals surface area contributed by atoms with Gasteiger partial charge in [-0.3, -0.25) is 0 Å². The minimum Gasteiger partial charge on any atom is -0.151 e. The van der Waals surface area contributed by atoms with Crippen molar-refractivity contribution in [3.63, 3.8) is 0 Å². The van der Waals surface area contributed by atoms with Gasteiger partial charge in [0.25, 0.3) is 0 Å². The van der Waals surface area contributed by atoms with Gasteiger partial charge in [-0.1, -0.05) is 31.3 Å². The molecule has 1 heterocycles. The second-order valence-electron chi connectivity index (χ2n) is 3.76. The van der Waals surface area contributed by atoms with E-state index in [4.69, 9.17) is 0 Å². The van der Waals surface area contributed by atoms with Crippen LogP contribution in [0.25, 0.3) is 0 Å². The Hall–Kier alpha value is -1.52. The Labute approximate surface area is 110 Å². The third kappa shape index (κ3) is 3.72. The quantitative estimate of drug-likeness (QED) is 0.461. The molecule has 1 aromatic carbocycles. The highest BCUT2D eigenvalue weighted by molar-refractivity contribution is 8.45. The maximum Gasteiger partial charge on any atom is 0.310 e. The number of rotatable bonds is 1. The average Bonchev–Trinajstić information content (AvgIpc) is 2.76. The summed E-state index contributed by atoms with van der Waals surface area (Å²) in [5.74, 6) is 5.33. The molecule has 0 atom stereocenters. The minimum absolute atomic E-state index is 0.247. The fourth-order valence-corrected chi connectivity index (χ4v) is 2.51. The zero-order valence-electron chi connectivity index (χ0n) is 9.25. The Kier molecular flexibility index (Phi) is 2.74. The van der Waals surface area contributed by atoms with E-state index >= 15 is 0 Å². The van der Waals surface area contributed by atoms with Crippen molar-refractivity contribution in [2.45, 2.75) is 4.90 Å². The number of halogens is 5. The predicted octanol–water partition coefficient (Wildman–Crippen LogP) is 5.81. The van der Waals surface area contributed by atoms with Crippen LogP contribution >= 0.6 is 21.6 Å². The number of benzene rings is 1. The van der Waals surface area contributed by atoms with Crippen molar-refractivity contribution in [1.29, 1.82) is 0 Å². The average molecular weight is 310 g/mol. The number of hydrogen-bond donors (Lipinski definition) is 0. The summed E-state index contributed by atoms with van der Waals surface area (Å²) in [4.78, 5) is -1.90. The molecule has 1 aromatic heterocycles. The van der Waals surface area contributed by atoms with Gasteiger partial charge >= 0.3 is 10.2 Å². The fourth-order valence-electron chi connectivity index (χ4n) is 1.28. The lowest BCUT2D eigenvalue weighted by atomic mass is 10.2. The van der Waals surface area contributed by atoms with Crippen molar-refractivity contribution in [2.24, 2.45) is 0 Å². The van der Waals surface area contributed by atoms with Crippen LogP contribution in [0.2, 0.25) is 0 Å². The van der Waals surface area contributed by atoms with Gasteiger partial charge in [-0.05, 0) is 35.7 Å². The molecule has 0 nitrogen and oxygen atoms in total. The van der Waals surface area contributed by atoms with Gasteiger partial charge in [0.05, 0.1) is 0 Å². The third-order valence-electron chi connectivity index (χ3n) is 2.17. The number of thiophene rings is 1. The van der Waals surface area contributed by atoms with E-state index in [1.54, 1.807) is 16.8 Å². The highest BCUT2D eigenvalue weighted by Gasteiger charge is 2.65. The van der Waals surface area contributed by atoms with Crippen LogP contribution < -0.4 is 0 Å². The van der Waals surface area contributed by atoms with Crippen LogP contribution in [-0.4, -0.2) is 0 Å². The second-order valence-corrected chi connectivity index (χ2v) is 6.94. The normalized spacial score (nSPS) is 15.0. The zero-order chi connectivity index (χ0) is 14.2. The molecule has 0 N–H and O–H groups in total. The third-order valence-corrected chi connectivity index (χ3v) is 4.02. The minimum atomic E-state index is -9.58. The molecule has 0 saturated carbocycles. The van der Waals surface area contributed by atoms with Crippen LogP contribution in [0.1, 0.15) is 11.1 Å². The molecule has 2 aromatic rings. The van der Waals surface area contributed by atoms with Gasteiger partial charge in [-0.2, -0.15) is 11.3 Å². The fraction of sp³-hybridized carbons (Fsp3) is 0. The van der Waals surface area contributed by atoms with Crippen molar-refractivity contribution < 1.29 is 19.4 Å². The molecular weight excluding hydrogens is 303 g/mol. The maximum atomic E-state index is 12.5. The van der Waals surface area contributed by atoms with Crippen molar-refractivity contribution >= 4 is 21.6 Å². The van der Waals surface area contributed by atoms with Gasteiger partial charge in [-0.15, -0.1) is 0 Å². The Morgan fingerprint density at radius 2 is 1.37 bits per heavy atom. The lowest BCUT2D eigenvalue weighted by Crippen LogP contribution is -2.05. The van der Waals surface area contributed by atoms with Gasteiger partial charge in [0, 0.05) is 16.5 Å². The van der Waals surface area contributed by atoms with Crippen LogP contribution in [0.3, 0.4) is 0 Å². The summed E-state index contributed by atoms with van der Waals surface area (Å²) in [6.45, 7) is 0. The van der Waals surface area contributed by atoms with E-state index in [0.29, 0.717) is 12.1 Å². The first-order valence-electron chi connectivity index (χ1n) is 4.93. The molecule has 0 aliphatic carbocycles. The van der Waals surface area contributed by atoms with Gasteiger partial charge < -0.3 is 0 Å². The Morgan fingerprint density at radius 1 is 0.789 bits per heavy atom. The van der Waals surface area contributed by atoms with Crippen molar-refractivity contribution in [3.8, 4) is 11.8 Å². The summed E-state index contributed by atoms with van der Waals surface area (Å²) >= 11 is 1.43. The molecule has 0 aliphatic rings. The van der Waals surface area contributed by atoms with Crippen LogP contribution in [0.5, 0.6) is 0 Å². The molecule has 7 heteroatoms. The zero-order valence-corrected chi connectivity index (χ0v) is 10.9. The summed E-state index contributed by atoms with van der Waals surface area (Å²) < 4.78 is 62.3. The van der Waals surface area contributed by atoms with Crippen LogP contribution in [0, 0.1) is 11.8 Å². The molecule has 0 spiro atoms. The van der Waals surface area contributed by atoms with Crippen LogP contribution in [0.15, 0.2) is 46.0 Å². The Morgan fingerprint density at radius 3 is 1.84 bits per heavy atom. The topological polar surface area (TPSA) is 0 Å². The Balaban J connectivity index is 2.31. The molecular formula is C12H7F5S2. The Bertz CT molecular complexity index is 642. The van der Waals surface area contributed by atoms with Crippen LogP contribution in [-0.2, 0) is 0 Å². The highest BCUT2D eigenvalue weighted by atomic mass is 32.5. The molecule has 0 saturated heterocycles. The standard InChI is InChI=1S/C12H7F5S2/c13-19(14,15,16,17)12-5-3-10(4-6-12)1-2-11-7-8-18-9-11/h3-9H. The van der Waals surface area contributed by atoms with E-state index < -0.39 is 15.1 Å². The van der Waals surface area contributed by atoms with E-state index in [-0.39, 0.29) is 5.56 Å². The summed E-state index contributed by atoms with van der Waals surface area (Å²) in [5, 5.41) is 3.58. The van der Waals surface area contributed by atoms with Gasteiger partial charge in [0.2, 0.25) is 0 Å². The van der Waals surface area contributed by atoms with E-state index in [9.17, 15) is 19.4 Å². The SMILES string of the molecule is FS(F)(F)(F)(F)c1ccc(C#Cc2ccsc2)cc1. The van der Waals surface area contributed by atoms with Crippen molar-refractivity contribution in [3.05, 3.63) is 52.2 Å². The molecule has 102 valence electrons. The monoisotopic (exact) mass is 310 g/mol. The lowest BCUT2D eigenvalue weighted by molar-refractivity contribution is 0.364. The molecule has 2 rings (SSSR count). The molecule has 0 aliphatic heterocycles. The summed E-state index contributed by atoms with van der Waals surface area (Å²) in [5.41, 5.74) is 0.971. The van der Waals surface area contributed by atoms with Crippen molar-refractivity contribution in [2.75, 3.05) is 0 Å². The molecule has 0 fully saturated rings. The van der Waals surface area contributed by atoms with Gasteiger partial charge in [0.15, 0.2) is 0 Å². The maximum absolute atomic E-state index is 12.5. The molecule has 0 radical (unpaired) electrons. The largest absolute Gasteiger partial charge is 0.310 e. The number of hydrogen-bond acceptors (Lipinski definition) is 1. The second kappa shape index (κ2) is 3.74. The molecule has 0 bridgehead atoms. The molecule has 19 heavy (non-hydrogen) atoms. The van der Waals surface area contributed by atoms with Gasteiger partial charge in [0.1, 0.15) is 4.90 Å². The van der Waals surface area contributed by atoms with Crippen molar-refractivity contribution in [1.82, 2.24) is 0 Å². The smallest absolute Gasteiger partial charge is 0.151 e. The van der Waals surface area contributed by atoms with Gasteiger partial charge in [-0.25, -0.2) is 0 Å². The molecule has 0 unspecified atom stereocenters. The lowest BCUT2D eigenvalue weighted by Gasteiger charge is -2.40. The summed E-state index contributed by atoms with van der Waals surface area (Å²) in [7, 11) is -9.58. The highest BCUT2D eigenvalue weighted by Crippen LogP contribution is 3.02. The molecule has 0 amide bonds. The van der Waals surface area contributed by atoms with E-state index in [1.165, 1.54) is 11.3 Å². The first kappa shape index (κ1) is 13.9. The van der Waals surface area contributed by atoms with E-state index in [1.807, 2.05) is 0 Å². The van der Waals surface area contributed by atoms with E-state index in [0.717, 1.165) is 17.7 Å². The predicted molar refractivity (Wildman–Crippen MR) is 68.1 cm³/mol. The first-order valence-corrected chi connectivity index (χ1v) is 7.82. The van der Waals surface area contributed by atoms with Crippen LogP contribution in [0.4, 0.5) is 19.4 Å². The first-order chi connectivity index (χ1) is 8.54. The van der Waals surface area contributed by atoms with E-state index in [2.05, 4.69) is 11.8 Å².